The van der Waals surface area contributed by atoms with Crippen LogP contribution in [0.5, 0.6) is 0 Å². The Kier molecular flexibility index (Phi) is 4.77. The summed E-state index contributed by atoms with van der Waals surface area (Å²) in [5.41, 5.74) is 1.00. The van der Waals surface area contributed by atoms with E-state index in [0.29, 0.717) is 33.2 Å². The van der Waals surface area contributed by atoms with Gasteiger partial charge in [-0.2, -0.15) is 5.10 Å². The Morgan fingerprint density at radius 2 is 1.83 bits per heavy atom. The number of halogens is 3. The maximum Gasteiger partial charge on any atom is 0.257 e. The maximum absolute atomic E-state index is 15.2. The molecule has 1 saturated heterocycles. The van der Waals surface area contributed by atoms with E-state index in [1.807, 2.05) is 0 Å². The van der Waals surface area contributed by atoms with Crippen LogP contribution in [0.1, 0.15) is 27.0 Å². The minimum absolute atomic E-state index is 0.0532. The van der Waals surface area contributed by atoms with Crippen LogP contribution in [0.4, 0.5) is 13.2 Å². The first kappa shape index (κ1) is 21.8. The molecule has 0 unspecified atom stereocenters. The summed E-state index contributed by atoms with van der Waals surface area (Å²) in [5.74, 6) is -2.85. The first-order chi connectivity index (χ1) is 16.7. The fourth-order valence-corrected chi connectivity index (χ4v) is 4.90. The molecule has 1 amide bonds. The van der Waals surface area contributed by atoms with Gasteiger partial charge in [0, 0.05) is 36.3 Å². The lowest BCUT2D eigenvalue weighted by Gasteiger charge is -2.36. The van der Waals surface area contributed by atoms with Crippen LogP contribution in [0.25, 0.3) is 22.0 Å². The van der Waals surface area contributed by atoms with Gasteiger partial charge >= 0.3 is 0 Å². The Hall–Kier alpha value is -3.69. The molecule has 2 aliphatic rings. The lowest BCUT2D eigenvalue weighted by atomic mass is 9.88. The average Bonchev–Trinajstić information content (AvgIpc) is 3.33. The molecule has 0 aliphatic carbocycles. The third-order valence-electron chi connectivity index (χ3n) is 6.74. The molecule has 1 N–H and O–H groups in total. The number of hydrogen-bond acceptors (Lipinski definition) is 4. The van der Waals surface area contributed by atoms with Gasteiger partial charge in [0.2, 0.25) is 0 Å². The highest BCUT2D eigenvalue weighted by Crippen LogP contribution is 2.39. The highest BCUT2D eigenvalue weighted by atomic mass is 19.1. The van der Waals surface area contributed by atoms with E-state index in [0.717, 1.165) is 0 Å². The van der Waals surface area contributed by atoms with Gasteiger partial charge in [-0.25, -0.2) is 13.2 Å². The number of aromatic nitrogens is 2. The molecule has 6 nitrogen and oxygen atoms in total. The molecule has 0 spiro atoms. The van der Waals surface area contributed by atoms with E-state index in [9.17, 15) is 14.3 Å². The molecule has 3 aromatic carbocycles. The highest BCUT2D eigenvalue weighted by molar-refractivity contribution is 5.99. The smallest absolute Gasteiger partial charge is 0.257 e. The molecule has 178 valence electrons. The Bertz CT molecular complexity index is 1500. The van der Waals surface area contributed by atoms with Crippen molar-refractivity contribution in [1.29, 1.82) is 0 Å². The van der Waals surface area contributed by atoms with Gasteiger partial charge in [-0.3, -0.25) is 9.48 Å². The van der Waals surface area contributed by atoms with E-state index in [-0.39, 0.29) is 37.4 Å². The molecular weight excluding hydrogens is 459 g/mol. The summed E-state index contributed by atoms with van der Waals surface area (Å²) in [4.78, 5) is 13.9. The van der Waals surface area contributed by atoms with Crippen LogP contribution >= 0.6 is 0 Å². The molecule has 0 radical (unpaired) electrons. The zero-order valence-corrected chi connectivity index (χ0v) is 18.7. The second kappa shape index (κ2) is 7.66. The number of benzene rings is 3. The van der Waals surface area contributed by atoms with Gasteiger partial charge in [0.1, 0.15) is 23.1 Å². The van der Waals surface area contributed by atoms with Gasteiger partial charge in [0.05, 0.1) is 30.8 Å². The van der Waals surface area contributed by atoms with Crippen LogP contribution in [0.2, 0.25) is 0 Å². The van der Waals surface area contributed by atoms with E-state index in [4.69, 9.17) is 4.74 Å². The topological polar surface area (TPSA) is 67.6 Å². The van der Waals surface area contributed by atoms with E-state index >= 15 is 8.78 Å². The molecule has 4 aromatic rings. The van der Waals surface area contributed by atoms with E-state index in [2.05, 4.69) is 5.10 Å². The van der Waals surface area contributed by atoms with Crippen LogP contribution in [0.3, 0.4) is 0 Å². The summed E-state index contributed by atoms with van der Waals surface area (Å²) < 4.78 is 51.2. The fourth-order valence-electron chi connectivity index (χ4n) is 4.90. The molecule has 0 saturated carbocycles. The number of fused-ring (bicyclic) bond motifs is 2. The lowest BCUT2D eigenvalue weighted by molar-refractivity contribution is -0.183. The second-order valence-corrected chi connectivity index (χ2v) is 9.10. The highest BCUT2D eigenvalue weighted by Gasteiger charge is 2.40. The summed E-state index contributed by atoms with van der Waals surface area (Å²) >= 11 is 0. The third-order valence-corrected chi connectivity index (χ3v) is 6.74. The fraction of sp³-hybridized carbons (Fsp3) is 0.231. The number of ether oxygens (including phenoxy) is 1. The number of carbonyl (C=O) groups is 1. The Labute approximate surface area is 198 Å². The molecule has 1 fully saturated rings. The summed E-state index contributed by atoms with van der Waals surface area (Å²) in [6.45, 7) is 0.0635. The molecule has 9 heteroatoms. The number of hydrogen-bond donors (Lipinski definition) is 1. The zero-order valence-electron chi connectivity index (χ0n) is 18.7. The SMILES string of the molecule is Cn1cc2c(-c3cc(F)c(CN4Cc5cccc(F)c5C4=O)c(F)c3)ccc(C3(O)COC3)c2n1. The van der Waals surface area contributed by atoms with Crippen LogP contribution in [-0.2, 0) is 30.5 Å². The number of nitrogens with zero attached hydrogens (tertiary/aromatic N) is 3. The van der Waals surface area contributed by atoms with Gasteiger partial charge in [0.25, 0.3) is 5.91 Å². The lowest BCUT2D eigenvalue weighted by Crippen LogP contribution is -2.46. The minimum atomic E-state index is -1.15. The summed E-state index contributed by atoms with van der Waals surface area (Å²) in [6, 6.07) is 10.2. The number of amides is 1. The average molecular weight is 479 g/mol. The van der Waals surface area contributed by atoms with Crippen molar-refractivity contribution in [2.75, 3.05) is 13.2 Å². The Balaban J connectivity index is 1.36. The number of carbonyl (C=O) groups excluding carboxylic acids is 1. The molecule has 2 aliphatic heterocycles. The van der Waals surface area contributed by atoms with Crippen molar-refractivity contribution < 1.29 is 27.8 Å². The molecule has 0 atom stereocenters. The van der Waals surface area contributed by atoms with Crippen molar-refractivity contribution in [2.45, 2.75) is 18.7 Å². The maximum atomic E-state index is 15.2. The largest absolute Gasteiger partial charge is 0.380 e. The van der Waals surface area contributed by atoms with Gasteiger partial charge < -0.3 is 14.7 Å². The van der Waals surface area contributed by atoms with E-state index < -0.39 is 29.0 Å². The van der Waals surface area contributed by atoms with Gasteiger partial charge in [-0.1, -0.05) is 24.3 Å². The second-order valence-electron chi connectivity index (χ2n) is 9.10. The van der Waals surface area contributed by atoms with E-state index in [1.165, 1.54) is 29.2 Å². The molecular formula is C26H20F3N3O3. The Morgan fingerprint density at radius 1 is 1.09 bits per heavy atom. The van der Waals surface area contributed by atoms with Gasteiger partial charge in [-0.05, 0) is 34.9 Å². The normalized spacial score (nSPS) is 16.6. The standard InChI is InChI=1S/C26H20F3N3O3/c1-31-10-17-16(5-6-19(24(17)30-31)26(34)12-35-13-26)15-7-21(28)18(22(29)8-15)11-32-9-14-3-2-4-20(27)23(14)25(32)33/h2-8,10,34H,9,11-13H2,1H3. The monoisotopic (exact) mass is 479 g/mol. The molecule has 6 rings (SSSR count). The Morgan fingerprint density at radius 3 is 2.49 bits per heavy atom. The van der Waals surface area contributed by atoms with Crippen molar-refractivity contribution in [3.63, 3.8) is 0 Å². The van der Waals surface area contributed by atoms with Gasteiger partial charge in [-0.15, -0.1) is 0 Å². The van der Waals surface area contributed by atoms with Crippen LogP contribution in [0, 0.1) is 17.5 Å². The summed E-state index contributed by atoms with van der Waals surface area (Å²) in [5, 5.41) is 15.9. The predicted octanol–water partition coefficient (Wildman–Crippen LogP) is 4.03. The predicted molar refractivity (Wildman–Crippen MR) is 121 cm³/mol. The third kappa shape index (κ3) is 3.34. The van der Waals surface area contributed by atoms with Crippen molar-refractivity contribution in [3.8, 4) is 11.1 Å². The summed E-state index contributed by atoms with van der Waals surface area (Å²) in [7, 11) is 1.73. The van der Waals surface area contributed by atoms with Crippen LogP contribution in [-0.4, -0.2) is 38.9 Å². The number of aliphatic hydroxyl groups is 1. The van der Waals surface area contributed by atoms with Crippen molar-refractivity contribution in [1.82, 2.24) is 14.7 Å². The van der Waals surface area contributed by atoms with Crippen LogP contribution < -0.4 is 0 Å². The van der Waals surface area contributed by atoms with Crippen molar-refractivity contribution in [3.05, 3.63) is 88.4 Å². The van der Waals surface area contributed by atoms with Gasteiger partial charge in [0.15, 0.2) is 0 Å². The molecule has 3 heterocycles. The number of rotatable bonds is 4. The first-order valence-corrected chi connectivity index (χ1v) is 11.1. The number of aryl methyl sites for hydroxylation is 1. The molecule has 0 bridgehead atoms. The van der Waals surface area contributed by atoms with E-state index in [1.54, 1.807) is 36.1 Å². The molecule has 35 heavy (non-hydrogen) atoms. The minimum Gasteiger partial charge on any atom is -0.380 e. The quantitative estimate of drug-likeness (QED) is 0.480. The zero-order chi connectivity index (χ0) is 24.5. The molecule has 1 aromatic heterocycles. The van der Waals surface area contributed by atoms with Crippen molar-refractivity contribution >= 4 is 16.8 Å². The first-order valence-electron chi connectivity index (χ1n) is 11.1. The summed E-state index contributed by atoms with van der Waals surface area (Å²) in [6.07, 6.45) is 1.73. The van der Waals surface area contributed by atoms with Crippen molar-refractivity contribution in [2.24, 2.45) is 7.05 Å². The van der Waals surface area contributed by atoms with Crippen LogP contribution in [0.15, 0.2) is 48.7 Å².